The van der Waals surface area contributed by atoms with Crippen molar-refractivity contribution in [3.05, 3.63) is 11.1 Å². The lowest BCUT2D eigenvalue weighted by Gasteiger charge is -2.26. The van der Waals surface area contributed by atoms with Crippen LogP contribution in [-0.4, -0.2) is 29.8 Å². The number of sulfone groups is 1. The van der Waals surface area contributed by atoms with Gasteiger partial charge in [-0.2, -0.15) is 0 Å². The normalized spacial score (nSPS) is 31.1. The monoisotopic (exact) mass is 314 g/mol. The second-order valence-corrected chi connectivity index (χ2v) is 9.18. The van der Waals surface area contributed by atoms with E-state index in [0.29, 0.717) is 30.8 Å². The van der Waals surface area contributed by atoms with Crippen LogP contribution < -0.4 is 5.32 Å². The van der Waals surface area contributed by atoms with Crippen LogP contribution in [0.2, 0.25) is 0 Å². The number of rotatable bonds is 3. The van der Waals surface area contributed by atoms with Crippen LogP contribution in [0.3, 0.4) is 0 Å². The summed E-state index contributed by atoms with van der Waals surface area (Å²) in [5.41, 5.74) is 0. The van der Waals surface area contributed by atoms with Gasteiger partial charge in [0, 0.05) is 17.0 Å². The van der Waals surface area contributed by atoms with Gasteiger partial charge in [0.15, 0.2) is 15.0 Å². The fourth-order valence-electron chi connectivity index (χ4n) is 3.16. The van der Waals surface area contributed by atoms with Gasteiger partial charge < -0.3 is 5.32 Å². The summed E-state index contributed by atoms with van der Waals surface area (Å²) in [5, 5.41) is 2.84. The van der Waals surface area contributed by atoms with Crippen LogP contribution in [0.4, 0.5) is 5.13 Å². The smallest absolute Gasteiger partial charge is 0.229 e. The Kier molecular flexibility index (Phi) is 3.58. The van der Waals surface area contributed by atoms with Crippen molar-refractivity contribution in [2.75, 3.05) is 5.32 Å². The van der Waals surface area contributed by atoms with Gasteiger partial charge in [-0.3, -0.25) is 4.79 Å². The molecule has 2 fully saturated rings. The third-order valence-electron chi connectivity index (χ3n) is 4.34. The number of nitrogens with zero attached hydrogens (tertiary/aromatic N) is 1. The van der Waals surface area contributed by atoms with E-state index in [0.717, 1.165) is 11.3 Å². The largest absolute Gasteiger partial charge is 0.302 e. The second-order valence-electron chi connectivity index (χ2n) is 5.55. The summed E-state index contributed by atoms with van der Waals surface area (Å²) in [7, 11) is -2.96. The lowest BCUT2D eigenvalue weighted by molar-refractivity contribution is -0.120. The SMILES string of the molecule is CCc1cnc(NC(=O)C2C[C@H]3CC[C@@H](C2)S3(=O)=O)s1. The molecule has 3 rings (SSSR count). The number of fused-ring (bicyclic) bond motifs is 2. The minimum absolute atomic E-state index is 0.0752. The summed E-state index contributed by atoms with van der Waals surface area (Å²) in [5.74, 6) is -0.265. The molecule has 5 nitrogen and oxygen atoms in total. The average molecular weight is 314 g/mol. The van der Waals surface area contributed by atoms with E-state index < -0.39 is 9.84 Å². The predicted octanol–water partition coefficient (Wildman–Crippen LogP) is 2.00. The maximum absolute atomic E-state index is 12.3. The molecule has 20 heavy (non-hydrogen) atoms. The third-order valence-corrected chi connectivity index (χ3v) is 8.11. The summed E-state index contributed by atoms with van der Waals surface area (Å²) in [6.07, 6.45) is 5.05. The summed E-state index contributed by atoms with van der Waals surface area (Å²) in [6.45, 7) is 2.04. The standard InChI is InChI=1S/C13H18N2O3S2/c1-2-9-7-14-13(19-9)15-12(16)8-5-10-3-4-11(6-8)20(10,17)18/h7-8,10-11H,2-6H2,1H3,(H,14,15,16)/t8?,10-,11+. The first kappa shape index (κ1) is 14.0. The molecule has 1 aromatic rings. The first-order valence-corrected chi connectivity index (χ1v) is 9.41. The Labute approximate surface area is 122 Å². The van der Waals surface area contributed by atoms with Gasteiger partial charge in [-0.1, -0.05) is 6.92 Å². The highest BCUT2D eigenvalue weighted by molar-refractivity contribution is 7.93. The maximum atomic E-state index is 12.3. The van der Waals surface area contributed by atoms with Crippen LogP contribution in [0.1, 0.15) is 37.5 Å². The first-order chi connectivity index (χ1) is 9.50. The zero-order valence-corrected chi connectivity index (χ0v) is 13.0. The minimum Gasteiger partial charge on any atom is -0.302 e. The van der Waals surface area contributed by atoms with E-state index in [1.165, 1.54) is 11.3 Å². The molecule has 2 bridgehead atoms. The van der Waals surface area contributed by atoms with Crippen molar-refractivity contribution >= 4 is 32.2 Å². The molecule has 0 aliphatic carbocycles. The van der Waals surface area contributed by atoms with Crippen LogP contribution in [0, 0.1) is 5.92 Å². The van der Waals surface area contributed by atoms with Gasteiger partial charge in [0.25, 0.3) is 0 Å². The number of anilines is 1. The summed E-state index contributed by atoms with van der Waals surface area (Å²) in [6, 6.07) is 0. The number of carbonyl (C=O) groups excluding carboxylic acids is 1. The van der Waals surface area contributed by atoms with Crippen molar-refractivity contribution in [1.82, 2.24) is 4.98 Å². The van der Waals surface area contributed by atoms with Gasteiger partial charge in [-0.05, 0) is 32.1 Å². The highest BCUT2D eigenvalue weighted by Gasteiger charge is 2.48. The Hall–Kier alpha value is -0.950. The van der Waals surface area contributed by atoms with E-state index in [-0.39, 0.29) is 22.3 Å². The summed E-state index contributed by atoms with van der Waals surface area (Å²) >= 11 is 1.48. The first-order valence-electron chi connectivity index (χ1n) is 6.99. The lowest BCUT2D eigenvalue weighted by atomic mass is 9.98. The van der Waals surface area contributed by atoms with Gasteiger partial charge in [0.1, 0.15) is 0 Å². The molecule has 3 atom stereocenters. The van der Waals surface area contributed by atoms with Crippen molar-refractivity contribution in [2.45, 2.75) is 49.5 Å². The van der Waals surface area contributed by atoms with E-state index in [1.54, 1.807) is 6.20 Å². The van der Waals surface area contributed by atoms with Gasteiger partial charge in [-0.25, -0.2) is 13.4 Å². The van der Waals surface area contributed by atoms with Crippen molar-refractivity contribution in [3.63, 3.8) is 0 Å². The number of hydrogen-bond donors (Lipinski definition) is 1. The number of aromatic nitrogens is 1. The molecular formula is C13H18N2O3S2. The van der Waals surface area contributed by atoms with Crippen molar-refractivity contribution in [1.29, 1.82) is 0 Å². The number of nitrogens with one attached hydrogen (secondary N) is 1. The summed E-state index contributed by atoms with van der Waals surface area (Å²) in [4.78, 5) is 17.6. The number of hydrogen-bond acceptors (Lipinski definition) is 5. The Morgan fingerprint density at radius 2 is 2.05 bits per heavy atom. The van der Waals surface area contributed by atoms with E-state index >= 15 is 0 Å². The number of amides is 1. The van der Waals surface area contributed by atoms with Gasteiger partial charge in [0.05, 0.1) is 10.5 Å². The molecule has 0 saturated carbocycles. The number of thiazole rings is 1. The molecule has 0 spiro atoms. The van der Waals surface area contributed by atoms with E-state index in [2.05, 4.69) is 10.3 Å². The highest BCUT2D eigenvalue weighted by atomic mass is 32.2. The molecule has 1 amide bonds. The Balaban J connectivity index is 1.67. The average Bonchev–Trinajstić information content (AvgIpc) is 2.86. The molecule has 2 aliphatic rings. The van der Waals surface area contributed by atoms with Crippen LogP contribution in [0.15, 0.2) is 6.20 Å². The van der Waals surface area contributed by atoms with Gasteiger partial charge in [-0.15, -0.1) is 11.3 Å². The zero-order chi connectivity index (χ0) is 14.3. The van der Waals surface area contributed by atoms with E-state index in [4.69, 9.17) is 0 Å². The maximum Gasteiger partial charge on any atom is 0.229 e. The minimum atomic E-state index is -2.96. The van der Waals surface area contributed by atoms with Crippen molar-refractivity contribution < 1.29 is 13.2 Å². The molecule has 110 valence electrons. The van der Waals surface area contributed by atoms with Crippen LogP contribution in [0.25, 0.3) is 0 Å². The van der Waals surface area contributed by atoms with E-state index in [9.17, 15) is 13.2 Å². The second kappa shape index (κ2) is 5.11. The highest BCUT2D eigenvalue weighted by Crippen LogP contribution is 2.41. The van der Waals surface area contributed by atoms with Crippen LogP contribution in [0.5, 0.6) is 0 Å². The Morgan fingerprint density at radius 3 is 2.60 bits per heavy atom. The summed E-state index contributed by atoms with van der Waals surface area (Å²) < 4.78 is 24.0. The third kappa shape index (κ3) is 2.37. The fourth-order valence-corrected chi connectivity index (χ4v) is 6.39. The molecule has 2 saturated heterocycles. The fraction of sp³-hybridized carbons (Fsp3) is 0.692. The number of aryl methyl sites for hydroxylation is 1. The van der Waals surface area contributed by atoms with Gasteiger partial charge in [0.2, 0.25) is 5.91 Å². The topological polar surface area (TPSA) is 76.1 Å². The van der Waals surface area contributed by atoms with Crippen molar-refractivity contribution in [2.24, 2.45) is 5.92 Å². The Morgan fingerprint density at radius 1 is 1.40 bits per heavy atom. The van der Waals surface area contributed by atoms with Gasteiger partial charge >= 0.3 is 0 Å². The molecule has 1 unspecified atom stereocenters. The molecule has 0 radical (unpaired) electrons. The number of carbonyl (C=O) groups is 1. The quantitative estimate of drug-likeness (QED) is 0.926. The Bertz CT molecular complexity index is 603. The predicted molar refractivity (Wildman–Crippen MR) is 78.6 cm³/mol. The molecule has 0 aromatic carbocycles. The molecule has 3 heterocycles. The van der Waals surface area contributed by atoms with Crippen molar-refractivity contribution in [3.8, 4) is 0 Å². The molecule has 1 aromatic heterocycles. The molecule has 7 heteroatoms. The molecule has 1 N–H and O–H groups in total. The van der Waals surface area contributed by atoms with E-state index in [1.807, 2.05) is 6.92 Å². The van der Waals surface area contributed by atoms with Crippen LogP contribution in [-0.2, 0) is 21.1 Å². The molecular weight excluding hydrogens is 296 g/mol. The molecule has 2 aliphatic heterocycles. The lowest BCUT2D eigenvalue weighted by Crippen LogP contribution is -2.38. The zero-order valence-electron chi connectivity index (χ0n) is 11.3. The van der Waals surface area contributed by atoms with Crippen LogP contribution >= 0.6 is 11.3 Å².